The van der Waals surface area contributed by atoms with E-state index >= 15 is 0 Å². The standard InChI is InChI=1S/C63H42/c1-63(2)58-36-35-43(37-57(58)61-50-21-9-7-18-47(50)48-19-8-14-26-55(48)62(61)63)39-27-31-41(32-28-39)59-51-22-10-12-24-53(51)60(54-25-13-11-23-52(54)59)42-33-29-40(30-34-42)56-38-44-15-3-4-16-45(44)46-17-5-6-20-49(46)56/h3-38H,1-2H3. The number of hydrogen-bond donors (Lipinski definition) is 0. The van der Waals surface area contributed by atoms with Crippen LogP contribution in [-0.4, -0.2) is 0 Å². The van der Waals surface area contributed by atoms with Gasteiger partial charge in [-0.3, -0.25) is 0 Å². The fraction of sp³-hybridized carbons (Fsp3) is 0.0476. The fourth-order valence-corrected chi connectivity index (χ4v) is 11.4. The van der Waals surface area contributed by atoms with Crippen LogP contribution in [0, 0.1) is 0 Å². The van der Waals surface area contributed by atoms with E-state index in [0.29, 0.717) is 0 Å². The molecule has 0 aliphatic heterocycles. The highest BCUT2D eigenvalue weighted by Crippen LogP contribution is 2.55. The molecular formula is C63H42. The monoisotopic (exact) mass is 798 g/mol. The molecular weight excluding hydrogens is 757 g/mol. The maximum absolute atomic E-state index is 2.45. The van der Waals surface area contributed by atoms with Gasteiger partial charge >= 0.3 is 0 Å². The maximum Gasteiger partial charge on any atom is 0.0165 e. The van der Waals surface area contributed by atoms with E-state index in [-0.39, 0.29) is 5.41 Å². The molecule has 0 radical (unpaired) electrons. The van der Waals surface area contributed by atoms with Gasteiger partial charge < -0.3 is 0 Å². The molecule has 0 saturated heterocycles. The van der Waals surface area contributed by atoms with Crippen LogP contribution >= 0.6 is 0 Å². The van der Waals surface area contributed by atoms with Gasteiger partial charge in [-0.1, -0.05) is 220 Å². The first-order chi connectivity index (χ1) is 31.0. The number of benzene rings is 12. The van der Waals surface area contributed by atoms with E-state index in [9.17, 15) is 0 Å². The van der Waals surface area contributed by atoms with Crippen LogP contribution in [0.1, 0.15) is 25.0 Å². The van der Waals surface area contributed by atoms with E-state index in [1.165, 1.54) is 131 Å². The predicted octanol–water partition coefficient (Wildman–Crippen LogP) is 17.6. The molecule has 1 aliphatic carbocycles. The summed E-state index contributed by atoms with van der Waals surface area (Å²) in [5, 5.41) is 15.5. The average molecular weight is 799 g/mol. The summed E-state index contributed by atoms with van der Waals surface area (Å²) in [7, 11) is 0. The first kappa shape index (κ1) is 35.9. The first-order valence-electron chi connectivity index (χ1n) is 22.2. The Morgan fingerprint density at radius 3 is 1.19 bits per heavy atom. The van der Waals surface area contributed by atoms with Crippen molar-refractivity contribution in [2.24, 2.45) is 0 Å². The Kier molecular flexibility index (Phi) is 7.75. The molecule has 0 spiro atoms. The quantitative estimate of drug-likeness (QED) is 0.123. The largest absolute Gasteiger partial charge is 0.0616 e. The second kappa shape index (κ2) is 13.6. The smallest absolute Gasteiger partial charge is 0.0165 e. The molecule has 0 amide bonds. The van der Waals surface area contributed by atoms with Gasteiger partial charge in [-0.05, 0) is 144 Å². The molecule has 0 bridgehead atoms. The lowest BCUT2D eigenvalue weighted by Crippen LogP contribution is -2.15. The summed E-state index contributed by atoms with van der Waals surface area (Å²) in [5.74, 6) is 0. The highest BCUT2D eigenvalue weighted by molar-refractivity contribution is 6.22. The Morgan fingerprint density at radius 1 is 0.254 bits per heavy atom. The molecule has 0 atom stereocenters. The Hall–Kier alpha value is -7.80. The zero-order valence-corrected chi connectivity index (χ0v) is 35.3. The van der Waals surface area contributed by atoms with Crippen molar-refractivity contribution in [2.75, 3.05) is 0 Å². The number of hydrogen-bond acceptors (Lipinski definition) is 0. The zero-order valence-electron chi connectivity index (χ0n) is 35.3. The number of fused-ring (bicyclic) bond motifs is 13. The molecule has 0 saturated carbocycles. The first-order valence-corrected chi connectivity index (χ1v) is 22.2. The van der Waals surface area contributed by atoms with Crippen molar-refractivity contribution in [3.63, 3.8) is 0 Å². The molecule has 0 heteroatoms. The minimum atomic E-state index is -0.112. The third-order valence-corrected chi connectivity index (χ3v) is 14.2. The Labute approximate surface area is 367 Å². The minimum absolute atomic E-state index is 0.112. The van der Waals surface area contributed by atoms with Gasteiger partial charge in [0.2, 0.25) is 0 Å². The third-order valence-electron chi connectivity index (χ3n) is 14.2. The van der Waals surface area contributed by atoms with E-state index < -0.39 is 0 Å². The van der Waals surface area contributed by atoms with Crippen molar-refractivity contribution in [3.05, 3.63) is 230 Å². The lowest BCUT2D eigenvalue weighted by molar-refractivity contribution is 0.666. The van der Waals surface area contributed by atoms with E-state index in [2.05, 4.69) is 232 Å². The van der Waals surface area contributed by atoms with Gasteiger partial charge in [-0.2, -0.15) is 0 Å². The summed E-state index contributed by atoms with van der Waals surface area (Å²) in [6.07, 6.45) is 0. The highest BCUT2D eigenvalue weighted by Gasteiger charge is 2.38. The summed E-state index contributed by atoms with van der Waals surface area (Å²) in [6, 6.07) is 81.5. The van der Waals surface area contributed by atoms with Crippen molar-refractivity contribution in [2.45, 2.75) is 19.3 Å². The Balaban J connectivity index is 0.920. The summed E-state index contributed by atoms with van der Waals surface area (Å²) in [6.45, 7) is 4.80. The topological polar surface area (TPSA) is 0 Å². The van der Waals surface area contributed by atoms with E-state index in [1.54, 1.807) is 0 Å². The van der Waals surface area contributed by atoms with Gasteiger partial charge in [-0.25, -0.2) is 0 Å². The van der Waals surface area contributed by atoms with Crippen LogP contribution in [0.15, 0.2) is 218 Å². The van der Waals surface area contributed by atoms with Gasteiger partial charge in [0.1, 0.15) is 0 Å². The molecule has 0 N–H and O–H groups in total. The van der Waals surface area contributed by atoms with E-state index in [4.69, 9.17) is 0 Å². The summed E-state index contributed by atoms with van der Waals surface area (Å²) in [5.41, 5.74) is 15.4. The van der Waals surface area contributed by atoms with Gasteiger partial charge in [0, 0.05) is 5.41 Å². The van der Waals surface area contributed by atoms with E-state index in [1.807, 2.05) is 0 Å². The van der Waals surface area contributed by atoms with Crippen molar-refractivity contribution < 1.29 is 0 Å². The van der Waals surface area contributed by atoms with Gasteiger partial charge in [-0.15, -0.1) is 0 Å². The van der Waals surface area contributed by atoms with Crippen LogP contribution in [0.5, 0.6) is 0 Å². The third kappa shape index (κ3) is 5.28. The molecule has 12 aromatic carbocycles. The number of rotatable bonds is 4. The molecule has 0 unspecified atom stereocenters. The maximum atomic E-state index is 2.45. The van der Waals surface area contributed by atoms with Gasteiger partial charge in [0.25, 0.3) is 0 Å². The molecule has 0 fully saturated rings. The van der Waals surface area contributed by atoms with Gasteiger partial charge in [0.15, 0.2) is 0 Å². The van der Waals surface area contributed by atoms with Gasteiger partial charge in [0.05, 0.1) is 0 Å². The second-order valence-electron chi connectivity index (χ2n) is 17.9. The van der Waals surface area contributed by atoms with Crippen LogP contribution < -0.4 is 0 Å². The fourth-order valence-electron chi connectivity index (χ4n) is 11.4. The summed E-state index contributed by atoms with van der Waals surface area (Å²) < 4.78 is 0. The van der Waals surface area contributed by atoms with Crippen LogP contribution in [0.2, 0.25) is 0 Å². The molecule has 13 rings (SSSR count). The zero-order chi connectivity index (χ0) is 41.8. The van der Waals surface area contributed by atoms with Crippen molar-refractivity contribution >= 4 is 64.6 Å². The molecule has 12 aromatic rings. The Bertz CT molecular complexity index is 3790. The highest BCUT2D eigenvalue weighted by atomic mass is 14.4. The molecule has 63 heavy (non-hydrogen) atoms. The molecule has 0 heterocycles. The van der Waals surface area contributed by atoms with Crippen molar-refractivity contribution in [1.82, 2.24) is 0 Å². The van der Waals surface area contributed by atoms with Crippen molar-refractivity contribution in [3.8, 4) is 55.6 Å². The average Bonchev–Trinajstić information content (AvgIpc) is 3.59. The minimum Gasteiger partial charge on any atom is -0.0616 e. The van der Waals surface area contributed by atoms with Crippen LogP contribution in [-0.2, 0) is 5.41 Å². The lowest BCUT2D eigenvalue weighted by atomic mass is 9.79. The Morgan fingerprint density at radius 2 is 0.635 bits per heavy atom. The SMILES string of the molecule is CC1(C)c2ccc(-c3ccc(-c4c5ccccc5c(-c5ccc(-c6cc7ccccc7c7ccccc67)cc5)c5ccccc45)cc3)cc2-c2c1c1ccccc1c1ccccc21. The predicted molar refractivity (Wildman–Crippen MR) is 271 cm³/mol. The van der Waals surface area contributed by atoms with Crippen LogP contribution in [0.25, 0.3) is 120 Å². The molecule has 1 aliphatic rings. The van der Waals surface area contributed by atoms with Crippen LogP contribution in [0.3, 0.4) is 0 Å². The summed E-state index contributed by atoms with van der Waals surface area (Å²) in [4.78, 5) is 0. The molecule has 294 valence electrons. The summed E-state index contributed by atoms with van der Waals surface area (Å²) >= 11 is 0. The lowest BCUT2D eigenvalue weighted by Gasteiger charge is -2.24. The normalized spacial score (nSPS) is 13.0. The van der Waals surface area contributed by atoms with Crippen molar-refractivity contribution in [1.29, 1.82) is 0 Å². The molecule has 0 aromatic heterocycles. The van der Waals surface area contributed by atoms with Crippen LogP contribution in [0.4, 0.5) is 0 Å². The van der Waals surface area contributed by atoms with E-state index in [0.717, 1.165) is 0 Å². The second-order valence-corrected chi connectivity index (χ2v) is 17.9. The molecule has 0 nitrogen and oxygen atoms in total.